The van der Waals surface area contributed by atoms with Crippen LogP contribution < -0.4 is 5.32 Å². The van der Waals surface area contributed by atoms with Gasteiger partial charge in [-0.25, -0.2) is 4.39 Å². The van der Waals surface area contributed by atoms with Crippen LogP contribution in [0.4, 0.5) is 4.39 Å². The minimum atomic E-state index is -0.205. The highest BCUT2D eigenvalue weighted by atomic mass is 19.1. The van der Waals surface area contributed by atoms with Crippen molar-refractivity contribution < 1.29 is 9.50 Å². The Bertz CT molecular complexity index is 323. The topological polar surface area (TPSA) is 32.3 Å². The van der Waals surface area contributed by atoms with Crippen LogP contribution in [0.1, 0.15) is 17.9 Å². The fourth-order valence-corrected chi connectivity index (χ4v) is 2.30. The molecule has 0 bridgehead atoms. The van der Waals surface area contributed by atoms with E-state index in [9.17, 15) is 9.50 Å². The van der Waals surface area contributed by atoms with Gasteiger partial charge in [-0.3, -0.25) is 0 Å². The lowest BCUT2D eigenvalue weighted by molar-refractivity contribution is 0.227. The summed E-state index contributed by atoms with van der Waals surface area (Å²) in [4.78, 5) is 0. The van der Waals surface area contributed by atoms with E-state index in [-0.39, 0.29) is 18.3 Å². The Morgan fingerprint density at radius 1 is 1.47 bits per heavy atom. The highest BCUT2D eigenvalue weighted by Crippen LogP contribution is 2.30. The standard InChI is InChI=1S/C12H16FNO/c13-12-4-2-1-3-10(12)11(8-15)9-5-6-14-7-9/h1-4,9,11,14-15H,5-8H2. The van der Waals surface area contributed by atoms with Gasteiger partial charge >= 0.3 is 0 Å². The van der Waals surface area contributed by atoms with Crippen LogP contribution in [-0.2, 0) is 0 Å². The maximum atomic E-state index is 13.5. The summed E-state index contributed by atoms with van der Waals surface area (Å²) in [5.41, 5.74) is 0.647. The summed E-state index contributed by atoms with van der Waals surface area (Å²) in [5.74, 6) is 0.0801. The van der Waals surface area contributed by atoms with E-state index in [1.54, 1.807) is 12.1 Å². The van der Waals surface area contributed by atoms with Gasteiger partial charge in [0.2, 0.25) is 0 Å². The minimum Gasteiger partial charge on any atom is -0.396 e. The van der Waals surface area contributed by atoms with E-state index < -0.39 is 0 Å². The van der Waals surface area contributed by atoms with Crippen molar-refractivity contribution in [2.45, 2.75) is 12.3 Å². The van der Waals surface area contributed by atoms with E-state index in [1.165, 1.54) is 6.07 Å². The normalized spacial score (nSPS) is 22.9. The molecule has 1 saturated heterocycles. The molecule has 1 aromatic carbocycles. The summed E-state index contributed by atoms with van der Waals surface area (Å²) in [6.45, 7) is 1.86. The van der Waals surface area contributed by atoms with Crippen molar-refractivity contribution in [3.05, 3.63) is 35.6 Å². The molecule has 1 fully saturated rings. The van der Waals surface area contributed by atoms with Crippen molar-refractivity contribution >= 4 is 0 Å². The first-order valence-corrected chi connectivity index (χ1v) is 5.39. The highest BCUT2D eigenvalue weighted by Gasteiger charge is 2.27. The molecule has 0 aromatic heterocycles. The van der Waals surface area contributed by atoms with Crippen molar-refractivity contribution in [2.75, 3.05) is 19.7 Å². The van der Waals surface area contributed by atoms with E-state index in [4.69, 9.17) is 0 Å². The van der Waals surface area contributed by atoms with Crippen molar-refractivity contribution in [3.8, 4) is 0 Å². The van der Waals surface area contributed by atoms with Crippen LogP contribution in [0.2, 0.25) is 0 Å². The fourth-order valence-electron chi connectivity index (χ4n) is 2.30. The van der Waals surface area contributed by atoms with Crippen LogP contribution in [0.3, 0.4) is 0 Å². The predicted molar refractivity (Wildman–Crippen MR) is 57.2 cm³/mol. The molecule has 2 nitrogen and oxygen atoms in total. The van der Waals surface area contributed by atoms with Gasteiger partial charge in [-0.05, 0) is 37.1 Å². The predicted octanol–water partition coefficient (Wildman–Crippen LogP) is 1.51. The summed E-state index contributed by atoms with van der Waals surface area (Å²) in [6.07, 6.45) is 1.01. The fraction of sp³-hybridized carbons (Fsp3) is 0.500. The van der Waals surface area contributed by atoms with Gasteiger partial charge in [-0.2, -0.15) is 0 Å². The molecule has 82 valence electrons. The number of aliphatic hydroxyl groups is 1. The van der Waals surface area contributed by atoms with Gasteiger partial charge in [0.15, 0.2) is 0 Å². The van der Waals surface area contributed by atoms with Gasteiger partial charge < -0.3 is 10.4 Å². The molecule has 2 rings (SSSR count). The largest absolute Gasteiger partial charge is 0.396 e. The van der Waals surface area contributed by atoms with E-state index in [0.717, 1.165) is 19.5 Å². The number of benzene rings is 1. The third-order valence-electron chi connectivity index (χ3n) is 3.17. The maximum Gasteiger partial charge on any atom is 0.126 e. The molecule has 0 amide bonds. The molecular weight excluding hydrogens is 193 g/mol. The SMILES string of the molecule is OCC(c1ccccc1F)C1CCNC1. The number of halogens is 1. The average molecular weight is 209 g/mol. The zero-order chi connectivity index (χ0) is 10.7. The first-order valence-electron chi connectivity index (χ1n) is 5.39. The first kappa shape index (κ1) is 10.6. The second-order valence-corrected chi connectivity index (χ2v) is 4.06. The highest BCUT2D eigenvalue weighted by molar-refractivity contribution is 5.23. The lowest BCUT2D eigenvalue weighted by Gasteiger charge is -2.21. The second kappa shape index (κ2) is 4.73. The number of hydrogen-bond acceptors (Lipinski definition) is 2. The molecular formula is C12H16FNO. The Morgan fingerprint density at radius 2 is 2.27 bits per heavy atom. The molecule has 0 aliphatic carbocycles. The average Bonchev–Trinajstić information content (AvgIpc) is 2.75. The van der Waals surface area contributed by atoms with Crippen LogP contribution in [0.25, 0.3) is 0 Å². The molecule has 1 heterocycles. The Morgan fingerprint density at radius 3 is 2.87 bits per heavy atom. The van der Waals surface area contributed by atoms with Gasteiger partial charge in [0.25, 0.3) is 0 Å². The second-order valence-electron chi connectivity index (χ2n) is 4.06. The number of rotatable bonds is 3. The number of aliphatic hydroxyl groups excluding tert-OH is 1. The smallest absolute Gasteiger partial charge is 0.126 e. The van der Waals surface area contributed by atoms with Gasteiger partial charge in [0.05, 0.1) is 6.61 Å². The van der Waals surface area contributed by atoms with Crippen molar-refractivity contribution in [2.24, 2.45) is 5.92 Å². The van der Waals surface area contributed by atoms with Crippen molar-refractivity contribution in [3.63, 3.8) is 0 Å². The van der Waals surface area contributed by atoms with Crippen LogP contribution in [0, 0.1) is 11.7 Å². The van der Waals surface area contributed by atoms with Crippen LogP contribution in [0.15, 0.2) is 24.3 Å². The van der Waals surface area contributed by atoms with Crippen molar-refractivity contribution in [1.82, 2.24) is 5.32 Å². The minimum absolute atomic E-state index is 0.0211. The monoisotopic (exact) mass is 209 g/mol. The first-order chi connectivity index (χ1) is 7.33. The Kier molecular flexibility index (Phi) is 3.34. The van der Waals surface area contributed by atoms with Gasteiger partial charge in [0, 0.05) is 5.92 Å². The molecule has 1 aliphatic rings. The quantitative estimate of drug-likeness (QED) is 0.791. The molecule has 0 saturated carbocycles. The molecule has 0 spiro atoms. The van der Waals surface area contributed by atoms with E-state index in [2.05, 4.69) is 5.32 Å². The van der Waals surface area contributed by atoms with E-state index in [1.807, 2.05) is 6.07 Å². The summed E-state index contributed by atoms with van der Waals surface area (Å²) < 4.78 is 13.5. The number of hydrogen-bond donors (Lipinski definition) is 2. The summed E-state index contributed by atoms with van der Waals surface area (Å²) >= 11 is 0. The van der Waals surface area contributed by atoms with Crippen molar-refractivity contribution in [1.29, 1.82) is 0 Å². The van der Waals surface area contributed by atoms with Crippen LogP contribution >= 0.6 is 0 Å². The molecule has 1 aliphatic heterocycles. The third kappa shape index (κ3) is 2.19. The lowest BCUT2D eigenvalue weighted by atomic mass is 9.86. The zero-order valence-electron chi connectivity index (χ0n) is 8.62. The van der Waals surface area contributed by atoms with E-state index >= 15 is 0 Å². The van der Waals surface area contributed by atoms with Gasteiger partial charge in [-0.1, -0.05) is 18.2 Å². The van der Waals surface area contributed by atoms with Gasteiger partial charge in [-0.15, -0.1) is 0 Å². The maximum absolute atomic E-state index is 13.5. The molecule has 0 radical (unpaired) electrons. The number of nitrogens with one attached hydrogen (secondary N) is 1. The Balaban J connectivity index is 2.22. The van der Waals surface area contributed by atoms with Gasteiger partial charge in [0.1, 0.15) is 5.82 Å². The van der Waals surface area contributed by atoms with E-state index in [0.29, 0.717) is 11.5 Å². The zero-order valence-corrected chi connectivity index (χ0v) is 8.62. The lowest BCUT2D eigenvalue weighted by Crippen LogP contribution is -2.20. The molecule has 2 atom stereocenters. The third-order valence-corrected chi connectivity index (χ3v) is 3.17. The molecule has 2 unspecified atom stereocenters. The Labute approximate surface area is 89.1 Å². The Hall–Kier alpha value is -0.930. The van der Waals surface area contributed by atoms with Crippen LogP contribution in [0.5, 0.6) is 0 Å². The summed E-state index contributed by atoms with van der Waals surface area (Å²) in [7, 11) is 0. The molecule has 2 N–H and O–H groups in total. The summed E-state index contributed by atoms with van der Waals surface area (Å²) in [5, 5.41) is 12.6. The molecule has 15 heavy (non-hydrogen) atoms. The summed E-state index contributed by atoms with van der Waals surface area (Å²) in [6, 6.07) is 6.73. The molecule has 1 aromatic rings. The molecule has 3 heteroatoms. The van der Waals surface area contributed by atoms with Crippen LogP contribution in [-0.4, -0.2) is 24.8 Å².